The fraction of sp³-hybridized carbons (Fsp3) is 0.0909. The highest BCUT2D eigenvalue weighted by molar-refractivity contribution is 9.10. The monoisotopic (exact) mass is 480 g/mol. The Labute approximate surface area is 185 Å². The van der Waals surface area contributed by atoms with Gasteiger partial charge in [0, 0.05) is 27.3 Å². The lowest BCUT2D eigenvalue weighted by atomic mass is 10.0. The Balaban J connectivity index is 1.88. The van der Waals surface area contributed by atoms with Crippen molar-refractivity contribution in [2.75, 3.05) is 5.32 Å². The zero-order chi connectivity index (χ0) is 22.3. The van der Waals surface area contributed by atoms with Gasteiger partial charge in [0.2, 0.25) is 0 Å². The normalized spacial score (nSPS) is 10.9. The van der Waals surface area contributed by atoms with E-state index in [1.807, 2.05) is 32.0 Å². The molecule has 0 atom stereocenters. The van der Waals surface area contributed by atoms with E-state index in [0.29, 0.717) is 32.5 Å². The number of nitrogens with two attached hydrogens (primary N) is 1. The molecule has 1 amide bonds. The van der Waals surface area contributed by atoms with Gasteiger partial charge in [-0.2, -0.15) is 0 Å². The van der Waals surface area contributed by atoms with Gasteiger partial charge in [-0.25, -0.2) is 4.79 Å². The second kappa shape index (κ2) is 7.84. The first-order chi connectivity index (χ1) is 14.7. The van der Waals surface area contributed by atoms with Gasteiger partial charge in [0.15, 0.2) is 0 Å². The molecule has 0 saturated heterocycles. The summed E-state index contributed by atoms with van der Waals surface area (Å²) in [5.74, 6) is -1.03. The third-order valence-corrected chi connectivity index (χ3v) is 5.33. The van der Waals surface area contributed by atoms with Crippen molar-refractivity contribution < 1.29 is 19.2 Å². The van der Waals surface area contributed by atoms with Crippen molar-refractivity contribution in [2.45, 2.75) is 13.8 Å². The van der Waals surface area contributed by atoms with E-state index < -0.39 is 11.9 Å². The number of fused-ring (bicyclic) bond motifs is 1. The molecule has 2 heterocycles. The number of carboxylic acid groups (broad SMARTS) is 1. The number of aromatic nitrogens is 2. The molecule has 2 aromatic heterocycles. The third-order valence-electron chi connectivity index (χ3n) is 4.87. The van der Waals surface area contributed by atoms with Crippen molar-refractivity contribution in [1.29, 1.82) is 0 Å². The number of primary amides is 1. The van der Waals surface area contributed by atoms with Gasteiger partial charge in [0.05, 0.1) is 28.0 Å². The second-order valence-electron chi connectivity index (χ2n) is 7.00. The summed E-state index contributed by atoms with van der Waals surface area (Å²) in [4.78, 5) is 27.9. The largest absolute Gasteiger partial charge is 0.478 e. The highest BCUT2D eigenvalue weighted by atomic mass is 79.9. The van der Waals surface area contributed by atoms with E-state index in [-0.39, 0.29) is 11.1 Å². The maximum atomic E-state index is 12.1. The van der Waals surface area contributed by atoms with Crippen molar-refractivity contribution in [3.8, 4) is 11.1 Å². The standard InChI is InChI=1S/C22H17BrN4O4/c1-10-19(11(2)31-27-10)12-3-4-16-18(7-12)25-9-17(21(24)28)20(16)26-15-6-13(22(29)30)5-14(23)8-15/h3-9H,1-2H3,(H2,24,28)(H,25,26)(H,29,30). The number of nitrogens with one attached hydrogen (secondary N) is 1. The summed E-state index contributed by atoms with van der Waals surface area (Å²) in [6, 6.07) is 10.3. The van der Waals surface area contributed by atoms with E-state index in [9.17, 15) is 14.7 Å². The van der Waals surface area contributed by atoms with Crippen LogP contribution in [0.2, 0.25) is 0 Å². The lowest BCUT2D eigenvalue weighted by Crippen LogP contribution is -2.14. The van der Waals surface area contributed by atoms with Crippen LogP contribution in [-0.2, 0) is 0 Å². The second-order valence-corrected chi connectivity index (χ2v) is 7.92. The van der Waals surface area contributed by atoms with Crippen LogP contribution in [0.25, 0.3) is 22.0 Å². The van der Waals surface area contributed by atoms with Crippen LogP contribution in [0.4, 0.5) is 11.4 Å². The highest BCUT2D eigenvalue weighted by Gasteiger charge is 2.17. The minimum Gasteiger partial charge on any atom is -0.478 e. The summed E-state index contributed by atoms with van der Waals surface area (Å²) in [6.45, 7) is 3.70. The fourth-order valence-electron chi connectivity index (χ4n) is 3.50. The zero-order valence-corrected chi connectivity index (χ0v) is 18.1. The molecule has 9 heteroatoms. The molecule has 0 bridgehead atoms. The number of rotatable bonds is 5. The number of anilines is 2. The molecule has 0 saturated carbocycles. The van der Waals surface area contributed by atoms with Crippen LogP contribution in [0.5, 0.6) is 0 Å². The summed E-state index contributed by atoms with van der Waals surface area (Å²) < 4.78 is 5.84. The van der Waals surface area contributed by atoms with Crippen molar-refractivity contribution in [1.82, 2.24) is 10.1 Å². The van der Waals surface area contributed by atoms with Crippen molar-refractivity contribution in [2.24, 2.45) is 5.73 Å². The highest BCUT2D eigenvalue weighted by Crippen LogP contribution is 2.34. The average molecular weight is 481 g/mol. The quantitative estimate of drug-likeness (QED) is 0.373. The van der Waals surface area contributed by atoms with Crippen molar-refractivity contribution >= 4 is 50.1 Å². The summed E-state index contributed by atoms with van der Waals surface area (Å²) in [5, 5.41) is 17.1. The van der Waals surface area contributed by atoms with Crippen LogP contribution in [0.3, 0.4) is 0 Å². The Morgan fingerprint density at radius 2 is 1.94 bits per heavy atom. The summed E-state index contributed by atoms with van der Waals surface area (Å²) >= 11 is 3.31. The summed E-state index contributed by atoms with van der Waals surface area (Å²) in [5.41, 5.74) is 9.93. The van der Waals surface area contributed by atoms with E-state index >= 15 is 0 Å². The molecule has 0 aliphatic rings. The minimum atomic E-state index is -1.07. The minimum absolute atomic E-state index is 0.0940. The summed E-state index contributed by atoms with van der Waals surface area (Å²) in [7, 11) is 0. The molecule has 0 spiro atoms. The molecule has 2 aromatic carbocycles. The molecule has 31 heavy (non-hydrogen) atoms. The van der Waals surface area contributed by atoms with E-state index in [2.05, 4.69) is 31.4 Å². The number of hydrogen-bond donors (Lipinski definition) is 3. The first kappa shape index (κ1) is 20.5. The van der Waals surface area contributed by atoms with Crippen molar-refractivity contribution in [3.63, 3.8) is 0 Å². The molecule has 156 valence electrons. The van der Waals surface area contributed by atoms with Crippen LogP contribution in [-0.4, -0.2) is 27.1 Å². The third kappa shape index (κ3) is 3.87. The van der Waals surface area contributed by atoms with Gasteiger partial charge in [0.25, 0.3) is 5.91 Å². The molecule has 0 radical (unpaired) electrons. The van der Waals surface area contributed by atoms with E-state index in [1.165, 1.54) is 18.3 Å². The molecule has 8 nitrogen and oxygen atoms in total. The summed E-state index contributed by atoms with van der Waals surface area (Å²) in [6.07, 6.45) is 1.40. The first-order valence-corrected chi connectivity index (χ1v) is 10.0. The number of halogens is 1. The number of aromatic carboxylic acids is 1. The molecule has 0 aliphatic heterocycles. The maximum Gasteiger partial charge on any atom is 0.335 e. The Morgan fingerprint density at radius 1 is 1.16 bits per heavy atom. The van der Waals surface area contributed by atoms with E-state index in [0.717, 1.165) is 16.8 Å². The molecule has 4 N–H and O–H groups in total. The van der Waals surface area contributed by atoms with Gasteiger partial charge < -0.3 is 20.7 Å². The topological polar surface area (TPSA) is 131 Å². The van der Waals surface area contributed by atoms with Gasteiger partial charge >= 0.3 is 5.97 Å². The number of carboxylic acids is 1. The predicted octanol–water partition coefficient (Wildman–Crippen LogP) is 4.81. The van der Waals surface area contributed by atoms with E-state index in [4.69, 9.17) is 10.3 Å². The number of hydrogen-bond acceptors (Lipinski definition) is 6. The number of aryl methyl sites for hydroxylation is 2. The number of nitrogens with zero attached hydrogens (tertiary/aromatic N) is 2. The van der Waals surface area contributed by atoms with Gasteiger partial charge in [-0.05, 0) is 43.7 Å². The number of carbonyl (C=O) groups is 2. The molecule has 0 aliphatic carbocycles. The average Bonchev–Trinajstić information content (AvgIpc) is 3.05. The van der Waals surface area contributed by atoms with Crippen LogP contribution >= 0.6 is 15.9 Å². The van der Waals surface area contributed by atoms with Crippen LogP contribution < -0.4 is 11.1 Å². The Bertz CT molecular complexity index is 1340. The Morgan fingerprint density at radius 3 is 2.58 bits per heavy atom. The maximum absolute atomic E-state index is 12.1. The van der Waals surface area contributed by atoms with Gasteiger partial charge in [-0.3, -0.25) is 9.78 Å². The lowest BCUT2D eigenvalue weighted by molar-refractivity contribution is 0.0696. The molecule has 0 unspecified atom stereocenters. The molecular formula is C22H17BrN4O4. The molecule has 4 rings (SSSR count). The Kier molecular flexibility index (Phi) is 5.20. The lowest BCUT2D eigenvalue weighted by Gasteiger charge is -2.15. The zero-order valence-electron chi connectivity index (χ0n) is 16.6. The Hall–Kier alpha value is -3.72. The molecular weight excluding hydrogens is 464 g/mol. The van der Waals surface area contributed by atoms with Gasteiger partial charge in [0.1, 0.15) is 5.76 Å². The van der Waals surface area contributed by atoms with Crippen LogP contribution in [0.15, 0.2) is 51.6 Å². The number of amides is 1. The smallest absolute Gasteiger partial charge is 0.335 e. The molecule has 0 fully saturated rings. The number of benzene rings is 2. The number of carbonyl (C=O) groups excluding carboxylic acids is 1. The SMILES string of the molecule is Cc1noc(C)c1-c1ccc2c(Nc3cc(Br)cc(C(=O)O)c3)c(C(N)=O)cnc2c1. The van der Waals surface area contributed by atoms with Gasteiger partial charge in [-0.15, -0.1) is 0 Å². The number of pyridine rings is 1. The fourth-order valence-corrected chi connectivity index (χ4v) is 3.99. The van der Waals surface area contributed by atoms with Crippen LogP contribution in [0, 0.1) is 13.8 Å². The predicted molar refractivity (Wildman–Crippen MR) is 120 cm³/mol. The van der Waals surface area contributed by atoms with Crippen molar-refractivity contribution in [3.05, 3.63) is 69.6 Å². The molecule has 4 aromatic rings. The van der Waals surface area contributed by atoms with Crippen LogP contribution in [0.1, 0.15) is 32.2 Å². The first-order valence-electron chi connectivity index (χ1n) is 9.21. The van der Waals surface area contributed by atoms with E-state index in [1.54, 1.807) is 6.07 Å². The van der Waals surface area contributed by atoms with Gasteiger partial charge in [-0.1, -0.05) is 33.2 Å².